The third-order valence-electron chi connectivity index (χ3n) is 5.22. The van der Waals surface area contributed by atoms with Gasteiger partial charge in [-0.2, -0.15) is 0 Å². The Bertz CT molecular complexity index is 1260. The first-order valence-electron chi connectivity index (χ1n) is 10.6. The van der Waals surface area contributed by atoms with E-state index in [1.165, 1.54) is 0 Å². The molecule has 7 heteroatoms. The number of amides is 2. The highest BCUT2D eigenvalue weighted by Crippen LogP contribution is 2.26. The summed E-state index contributed by atoms with van der Waals surface area (Å²) < 4.78 is 5.22. The van der Waals surface area contributed by atoms with Gasteiger partial charge in [-0.15, -0.1) is 0 Å². The topological polar surface area (TPSA) is 93.2 Å². The van der Waals surface area contributed by atoms with Crippen LogP contribution >= 0.6 is 0 Å². The fraction of sp³-hybridized carbons (Fsp3) is 0.154. The third-order valence-corrected chi connectivity index (χ3v) is 5.22. The van der Waals surface area contributed by atoms with Gasteiger partial charge in [-0.3, -0.25) is 14.6 Å². The van der Waals surface area contributed by atoms with E-state index in [1.807, 2.05) is 60.7 Å². The van der Waals surface area contributed by atoms with Crippen LogP contribution in [0, 0.1) is 0 Å². The van der Waals surface area contributed by atoms with Crippen molar-refractivity contribution in [3.63, 3.8) is 0 Å². The van der Waals surface area contributed by atoms with Gasteiger partial charge in [-0.25, -0.2) is 4.98 Å². The summed E-state index contributed by atoms with van der Waals surface area (Å²) in [5.74, 6) is 0.371. The number of hydrogen-bond donors (Lipinski definition) is 2. The van der Waals surface area contributed by atoms with E-state index in [9.17, 15) is 9.59 Å². The zero-order chi connectivity index (χ0) is 23.0. The second kappa shape index (κ2) is 10.4. The SMILES string of the molecule is COc1ccc(-c2cc(C(=O)NCCC(=O)NCc3ccncc3)c3ccccc3n2)cc1. The minimum absolute atomic E-state index is 0.134. The summed E-state index contributed by atoms with van der Waals surface area (Å²) in [7, 11) is 1.62. The van der Waals surface area contributed by atoms with E-state index in [-0.39, 0.29) is 24.8 Å². The van der Waals surface area contributed by atoms with Gasteiger partial charge in [0.05, 0.1) is 23.9 Å². The summed E-state index contributed by atoms with van der Waals surface area (Å²) in [5.41, 5.74) is 3.79. The first kappa shape index (κ1) is 22.0. The number of nitrogens with one attached hydrogen (secondary N) is 2. The Balaban J connectivity index is 1.45. The Morgan fingerprint density at radius 3 is 2.45 bits per heavy atom. The molecular formula is C26H24N4O3. The number of ether oxygens (including phenoxy) is 1. The smallest absolute Gasteiger partial charge is 0.252 e. The lowest BCUT2D eigenvalue weighted by atomic mass is 10.0. The number of carbonyl (C=O) groups excluding carboxylic acids is 2. The predicted molar refractivity (Wildman–Crippen MR) is 127 cm³/mol. The number of carbonyl (C=O) groups is 2. The molecule has 7 nitrogen and oxygen atoms in total. The molecule has 2 N–H and O–H groups in total. The van der Waals surface area contributed by atoms with Gasteiger partial charge in [0.25, 0.3) is 5.91 Å². The number of methoxy groups -OCH3 is 1. The minimum Gasteiger partial charge on any atom is -0.497 e. The van der Waals surface area contributed by atoms with Crippen LogP contribution in [0.5, 0.6) is 5.75 Å². The summed E-state index contributed by atoms with van der Waals surface area (Å²) in [4.78, 5) is 33.8. The number of nitrogens with zero attached hydrogens (tertiary/aromatic N) is 2. The molecule has 4 rings (SSSR count). The van der Waals surface area contributed by atoms with Gasteiger partial charge in [-0.1, -0.05) is 18.2 Å². The fourth-order valence-corrected chi connectivity index (χ4v) is 3.45. The fourth-order valence-electron chi connectivity index (χ4n) is 3.45. The van der Waals surface area contributed by atoms with Gasteiger partial charge in [0.1, 0.15) is 5.75 Å². The largest absolute Gasteiger partial charge is 0.497 e. The van der Waals surface area contributed by atoms with Crippen molar-refractivity contribution in [1.82, 2.24) is 20.6 Å². The number of para-hydroxylation sites is 1. The van der Waals surface area contributed by atoms with Crippen LogP contribution < -0.4 is 15.4 Å². The van der Waals surface area contributed by atoms with E-state index in [0.29, 0.717) is 17.8 Å². The van der Waals surface area contributed by atoms with E-state index < -0.39 is 0 Å². The van der Waals surface area contributed by atoms with Gasteiger partial charge in [0.15, 0.2) is 0 Å². The number of fused-ring (bicyclic) bond motifs is 1. The molecule has 2 heterocycles. The maximum Gasteiger partial charge on any atom is 0.252 e. The number of pyridine rings is 2. The molecule has 0 bridgehead atoms. The van der Waals surface area contributed by atoms with Crippen LogP contribution in [0.3, 0.4) is 0 Å². The van der Waals surface area contributed by atoms with Crippen LogP contribution in [-0.4, -0.2) is 35.4 Å². The lowest BCUT2D eigenvalue weighted by Crippen LogP contribution is -2.30. The first-order valence-corrected chi connectivity index (χ1v) is 10.6. The van der Waals surface area contributed by atoms with Crippen molar-refractivity contribution in [1.29, 1.82) is 0 Å². The first-order chi connectivity index (χ1) is 16.1. The van der Waals surface area contributed by atoms with Crippen molar-refractivity contribution in [3.8, 4) is 17.0 Å². The Kier molecular flexibility index (Phi) is 6.90. The number of benzene rings is 2. The summed E-state index contributed by atoms with van der Waals surface area (Å²) in [6.07, 6.45) is 3.55. The van der Waals surface area contributed by atoms with Crippen molar-refractivity contribution in [2.45, 2.75) is 13.0 Å². The molecule has 0 unspecified atom stereocenters. The molecule has 0 saturated carbocycles. The van der Waals surface area contributed by atoms with E-state index >= 15 is 0 Å². The van der Waals surface area contributed by atoms with Gasteiger partial charge in [0, 0.05) is 42.9 Å². The molecule has 0 aliphatic heterocycles. The molecule has 0 aliphatic rings. The Labute approximate surface area is 191 Å². The maximum absolute atomic E-state index is 13.0. The lowest BCUT2D eigenvalue weighted by molar-refractivity contribution is -0.121. The highest BCUT2D eigenvalue weighted by Gasteiger charge is 2.14. The van der Waals surface area contributed by atoms with E-state index in [2.05, 4.69) is 15.6 Å². The van der Waals surface area contributed by atoms with Crippen LogP contribution in [0.25, 0.3) is 22.2 Å². The summed E-state index contributed by atoms with van der Waals surface area (Å²) in [5, 5.41) is 6.46. The van der Waals surface area contributed by atoms with Gasteiger partial charge in [-0.05, 0) is 54.1 Å². The van der Waals surface area contributed by atoms with Crippen LogP contribution in [0.2, 0.25) is 0 Å². The molecule has 2 amide bonds. The Hall–Kier alpha value is -4.26. The van der Waals surface area contributed by atoms with Crippen LogP contribution in [-0.2, 0) is 11.3 Å². The van der Waals surface area contributed by atoms with Crippen LogP contribution in [0.15, 0.2) is 79.1 Å². The average Bonchev–Trinajstić information content (AvgIpc) is 2.87. The molecule has 0 aliphatic carbocycles. The summed E-state index contributed by atoms with van der Waals surface area (Å²) in [6.45, 7) is 0.658. The summed E-state index contributed by atoms with van der Waals surface area (Å²) in [6, 6.07) is 20.5. The predicted octanol–water partition coefficient (Wildman–Crippen LogP) is 3.74. The second-order valence-corrected chi connectivity index (χ2v) is 7.44. The summed E-state index contributed by atoms with van der Waals surface area (Å²) >= 11 is 0. The van der Waals surface area contributed by atoms with Gasteiger partial charge in [0.2, 0.25) is 5.91 Å². The van der Waals surface area contributed by atoms with E-state index in [0.717, 1.165) is 27.8 Å². The monoisotopic (exact) mass is 440 g/mol. The molecule has 2 aromatic heterocycles. The zero-order valence-electron chi connectivity index (χ0n) is 18.2. The van der Waals surface area contributed by atoms with Crippen molar-refractivity contribution in [2.24, 2.45) is 0 Å². The molecule has 0 spiro atoms. The number of rotatable bonds is 8. The highest BCUT2D eigenvalue weighted by atomic mass is 16.5. The quantitative estimate of drug-likeness (QED) is 0.435. The molecule has 0 saturated heterocycles. The van der Waals surface area contributed by atoms with Crippen molar-refractivity contribution in [2.75, 3.05) is 13.7 Å². The molecule has 0 radical (unpaired) electrons. The van der Waals surface area contributed by atoms with Crippen LogP contribution in [0.4, 0.5) is 0 Å². The normalized spacial score (nSPS) is 10.6. The zero-order valence-corrected chi connectivity index (χ0v) is 18.2. The lowest BCUT2D eigenvalue weighted by Gasteiger charge is -2.11. The molecule has 166 valence electrons. The number of hydrogen-bond acceptors (Lipinski definition) is 5. The van der Waals surface area contributed by atoms with E-state index in [1.54, 1.807) is 25.6 Å². The second-order valence-electron chi connectivity index (χ2n) is 7.44. The van der Waals surface area contributed by atoms with E-state index in [4.69, 9.17) is 9.72 Å². The van der Waals surface area contributed by atoms with Crippen molar-refractivity contribution < 1.29 is 14.3 Å². The molecule has 0 fully saturated rings. The molecule has 4 aromatic rings. The van der Waals surface area contributed by atoms with Crippen molar-refractivity contribution in [3.05, 3.63) is 90.3 Å². The Morgan fingerprint density at radius 2 is 1.70 bits per heavy atom. The maximum atomic E-state index is 13.0. The standard InChI is InChI=1S/C26H24N4O3/c1-33-20-8-6-19(7-9-20)24-16-22(21-4-2-3-5-23(21)30-24)26(32)28-15-12-25(31)29-17-18-10-13-27-14-11-18/h2-11,13-14,16H,12,15,17H2,1H3,(H,28,32)(H,29,31). The highest BCUT2D eigenvalue weighted by molar-refractivity contribution is 6.07. The number of aromatic nitrogens is 2. The molecule has 0 atom stereocenters. The average molecular weight is 441 g/mol. The Morgan fingerprint density at radius 1 is 0.939 bits per heavy atom. The molecule has 33 heavy (non-hydrogen) atoms. The van der Waals surface area contributed by atoms with Gasteiger partial charge < -0.3 is 15.4 Å². The molecular weight excluding hydrogens is 416 g/mol. The van der Waals surface area contributed by atoms with Crippen LogP contribution in [0.1, 0.15) is 22.3 Å². The van der Waals surface area contributed by atoms with Crippen molar-refractivity contribution >= 4 is 22.7 Å². The minimum atomic E-state index is -0.245. The molecule has 2 aromatic carbocycles. The van der Waals surface area contributed by atoms with Gasteiger partial charge >= 0.3 is 0 Å². The third kappa shape index (κ3) is 5.51.